The van der Waals surface area contributed by atoms with Gasteiger partial charge in [-0.1, -0.05) is 78.9 Å². The number of nitrogens with zero attached hydrogens (tertiary/aromatic N) is 1. The molecule has 1 heterocycles. The molecule has 0 aliphatic carbocycles. The number of amides is 4. The number of fused-ring (bicyclic) bond motifs is 1. The van der Waals surface area contributed by atoms with Crippen molar-refractivity contribution in [3.8, 4) is 17.2 Å². The number of urea groups is 1. The maximum Gasteiger partial charge on any atom is 0.335 e. The smallest absolute Gasteiger partial charge is 0.335 e. The van der Waals surface area contributed by atoms with E-state index in [9.17, 15) is 14.4 Å². The fourth-order valence-corrected chi connectivity index (χ4v) is 4.61. The van der Waals surface area contributed by atoms with Crippen LogP contribution in [0.1, 0.15) is 11.1 Å². The van der Waals surface area contributed by atoms with Crippen molar-refractivity contribution in [3.05, 3.63) is 138 Å². The molecule has 6 rings (SSSR count). The molecular weight excluding hydrogens is 516 g/mol. The monoisotopic (exact) mass is 540 g/mol. The number of anilines is 1. The fraction of sp³-hybridized carbons (Fsp3) is 0.0294. The summed E-state index contributed by atoms with van der Waals surface area (Å²) in [6.07, 6.45) is 1.49. The SMILES string of the molecule is O=C1NC(=O)N(c2ccc(Oc3ccccc3)cc2)C(=O)/C1=C/c1c(OCc2ccccc2)ccc2ccccc12. The van der Waals surface area contributed by atoms with Crippen molar-refractivity contribution in [1.82, 2.24) is 5.32 Å². The summed E-state index contributed by atoms with van der Waals surface area (Å²) < 4.78 is 12.0. The summed E-state index contributed by atoms with van der Waals surface area (Å²) in [5.74, 6) is 0.182. The highest BCUT2D eigenvalue weighted by Gasteiger charge is 2.37. The Bertz CT molecular complexity index is 1780. The van der Waals surface area contributed by atoms with Crippen LogP contribution in [0.2, 0.25) is 0 Å². The topological polar surface area (TPSA) is 84.9 Å². The quantitative estimate of drug-likeness (QED) is 0.180. The molecule has 5 aromatic carbocycles. The van der Waals surface area contributed by atoms with Crippen molar-refractivity contribution in [3.63, 3.8) is 0 Å². The van der Waals surface area contributed by atoms with Gasteiger partial charge in [0.25, 0.3) is 11.8 Å². The number of nitrogens with one attached hydrogen (secondary N) is 1. The summed E-state index contributed by atoms with van der Waals surface area (Å²) in [6.45, 7) is 0.303. The third-order valence-electron chi connectivity index (χ3n) is 6.63. The molecule has 1 aliphatic heterocycles. The van der Waals surface area contributed by atoms with Gasteiger partial charge in [0.05, 0.1) is 5.69 Å². The van der Waals surface area contributed by atoms with Crippen molar-refractivity contribution in [2.75, 3.05) is 4.90 Å². The lowest BCUT2D eigenvalue weighted by Gasteiger charge is -2.26. The first-order chi connectivity index (χ1) is 20.1. The number of rotatable bonds is 7. The van der Waals surface area contributed by atoms with Crippen LogP contribution >= 0.6 is 0 Å². The number of benzene rings is 5. The lowest BCUT2D eigenvalue weighted by molar-refractivity contribution is -0.122. The van der Waals surface area contributed by atoms with Crippen LogP contribution in [0.4, 0.5) is 10.5 Å². The number of hydrogen-bond acceptors (Lipinski definition) is 5. The summed E-state index contributed by atoms with van der Waals surface area (Å²) in [5, 5.41) is 4.01. The zero-order valence-corrected chi connectivity index (χ0v) is 21.8. The molecule has 1 aliphatic rings. The number of hydrogen-bond donors (Lipinski definition) is 1. The molecule has 0 aromatic heterocycles. The van der Waals surface area contributed by atoms with E-state index >= 15 is 0 Å². The second-order valence-corrected chi connectivity index (χ2v) is 9.34. The first-order valence-corrected chi connectivity index (χ1v) is 13.0. The van der Waals surface area contributed by atoms with Crippen LogP contribution in [0.15, 0.2) is 127 Å². The zero-order valence-electron chi connectivity index (χ0n) is 21.8. The number of ether oxygens (including phenoxy) is 2. The highest BCUT2D eigenvalue weighted by molar-refractivity contribution is 6.39. The Morgan fingerprint density at radius 3 is 2.10 bits per heavy atom. The first kappa shape index (κ1) is 25.6. The average molecular weight is 541 g/mol. The van der Waals surface area contributed by atoms with E-state index in [2.05, 4.69) is 5.32 Å². The van der Waals surface area contributed by atoms with E-state index in [4.69, 9.17) is 9.47 Å². The molecule has 1 fully saturated rings. The molecule has 7 nitrogen and oxygen atoms in total. The predicted molar refractivity (Wildman–Crippen MR) is 157 cm³/mol. The fourth-order valence-electron chi connectivity index (χ4n) is 4.61. The largest absolute Gasteiger partial charge is 0.488 e. The lowest BCUT2D eigenvalue weighted by Crippen LogP contribution is -2.54. The minimum Gasteiger partial charge on any atom is -0.488 e. The number of barbiturate groups is 1. The molecule has 1 N–H and O–H groups in total. The molecule has 7 heteroatoms. The van der Waals surface area contributed by atoms with Crippen LogP contribution in [0, 0.1) is 0 Å². The highest BCUT2D eigenvalue weighted by atomic mass is 16.5. The maximum atomic E-state index is 13.7. The van der Waals surface area contributed by atoms with Gasteiger partial charge in [0.1, 0.15) is 29.4 Å². The molecule has 5 aromatic rings. The summed E-state index contributed by atoms with van der Waals surface area (Å²) in [6, 6.07) is 36.0. The van der Waals surface area contributed by atoms with Gasteiger partial charge in [0.15, 0.2) is 0 Å². The van der Waals surface area contributed by atoms with Gasteiger partial charge >= 0.3 is 6.03 Å². The maximum absolute atomic E-state index is 13.7. The Hall–Kier alpha value is -5.69. The average Bonchev–Trinajstić information content (AvgIpc) is 3.00. The van der Waals surface area contributed by atoms with Gasteiger partial charge in [-0.15, -0.1) is 0 Å². The van der Waals surface area contributed by atoms with Gasteiger partial charge in [0.2, 0.25) is 0 Å². The van der Waals surface area contributed by atoms with E-state index in [1.807, 2.05) is 97.1 Å². The Morgan fingerprint density at radius 2 is 1.34 bits per heavy atom. The van der Waals surface area contributed by atoms with E-state index in [0.717, 1.165) is 21.2 Å². The van der Waals surface area contributed by atoms with Gasteiger partial charge in [-0.25, -0.2) is 9.69 Å². The number of carbonyl (C=O) groups is 3. The van der Waals surface area contributed by atoms with Gasteiger partial charge in [-0.3, -0.25) is 14.9 Å². The number of carbonyl (C=O) groups excluding carboxylic acids is 3. The van der Waals surface area contributed by atoms with Crippen molar-refractivity contribution in [1.29, 1.82) is 0 Å². The van der Waals surface area contributed by atoms with Crippen molar-refractivity contribution < 1.29 is 23.9 Å². The minimum atomic E-state index is -0.827. The summed E-state index contributed by atoms with van der Waals surface area (Å²) in [4.78, 5) is 40.4. The lowest BCUT2D eigenvalue weighted by atomic mass is 9.99. The molecule has 0 radical (unpaired) electrons. The third kappa shape index (κ3) is 5.42. The molecule has 0 bridgehead atoms. The van der Waals surface area contributed by atoms with Gasteiger partial charge in [-0.2, -0.15) is 0 Å². The minimum absolute atomic E-state index is 0.185. The van der Waals surface area contributed by atoms with Crippen LogP contribution in [-0.4, -0.2) is 17.8 Å². The molecule has 1 saturated heterocycles. The summed E-state index contributed by atoms with van der Waals surface area (Å²) in [5.41, 5.74) is 1.65. The standard InChI is InChI=1S/C34H24N2O5/c37-32-30(21-29-28-14-8-7-11-24(28)15-20-31(29)40-22-23-9-3-1-4-10-23)33(38)36(34(39)35-32)25-16-18-27(19-17-25)41-26-12-5-2-6-13-26/h1-21H,22H2,(H,35,37,39)/b30-21+. The van der Waals surface area contributed by atoms with E-state index in [1.165, 1.54) is 6.08 Å². The third-order valence-corrected chi connectivity index (χ3v) is 6.63. The Morgan fingerprint density at radius 1 is 0.683 bits per heavy atom. The van der Waals surface area contributed by atoms with E-state index in [-0.39, 0.29) is 5.57 Å². The molecule has 41 heavy (non-hydrogen) atoms. The van der Waals surface area contributed by atoms with Crippen LogP contribution < -0.4 is 19.7 Å². The van der Waals surface area contributed by atoms with Crippen LogP contribution in [-0.2, 0) is 16.2 Å². The van der Waals surface area contributed by atoms with Crippen LogP contribution in [0.25, 0.3) is 16.8 Å². The normalized spacial score (nSPS) is 14.3. The number of imide groups is 2. The molecular formula is C34H24N2O5. The Labute approximate surface area is 236 Å². The Kier molecular flexibility index (Phi) is 6.99. The van der Waals surface area contributed by atoms with Gasteiger partial charge in [-0.05, 0) is 64.9 Å². The van der Waals surface area contributed by atoms with Gasteiger partial charge in [0, 0.05) is 5.56 Å². The van der Waals surface area contributed by atoms with Gasteiger partial charge < -0.3 is 9.47 Å². The van der Waals surface area contributed by atoms with E-state index < -0.39 is 17.8 Å². The van der Waals surface area contributed by atoms with Crippen LogP contribution in [0.5, 0.6) is 17.2 Å². The molecule has 0 saturated carbocycles. The van der Waals surface area contributed by atoms with E-state index in [0.29, 0.717) is 35.1 Å². The van der Waals surface area contributed by atoms with Crippen molar-refractivity contribution in [2.24, 2.45) is 0 Å². The Balaban J connectivity index is 1.34. The zero-order chi connectivity index (χ0) is 28.2. The second kappa shape index (κ2) is 11.2. The second-order valence-electron chi connectivity index (χ2n) is 9.34. The number of para-hydroxylation sites is 1. The molecule has 0 unspecified atom stereocenters. The van der Waals surface area contributed by atoms with Crippen LogP contribution in [0.3, 0.4) is 0 Å². The summed E-state index contributed by atoms with van der Waals surface area (Å²) >= 11 is 0. The molecule has 0 atom stereocenters. The molecule has 4 amide bonds. The first-order valence-electron chi connectivity index (χ1n) is 13.0. The van der Waals surface area contributed by atoms with Crippen molar-refractivity contribution >= 4 is 40.4 Å². The molecule has 200 valence electrons. The van der Waals surface area contributed by atoms with E-state index in [1.54, 1.807) is 24.3 Å². The highest BCUT2D eigenvalue weighted by Crippen LogP contribution is 2.33. The molecule has 0 spiro atoms. The summed E-state index contributed by atoms with van der Waals surface area (Å²) in [7, 11) is 0. The predicted octanol–water partition coefficient (Wildman–Crippen LogP) is 6.88. The van der Waals surface area contributed by atoms with Crippen molar-refractivity contribution in [2.45, 2.75) is 6.61 Å².